The monoisotopic (exact) mass is 260 g/mol. The summed E-state index contributed by atoms with van der Waals surface area (Å²) in [5.41, 5.74) is 6.90. The lowest BCUT2D eigenvalue weighted by Crippen LogP contribution is -2.47. The molecule has 1 unspecified atom stereocenters. The van der Waals surface area contributed by atoms with Gasteiger partial charge >= 0.3 is 0 Å². The fraction of sp³-hybridized carbons (Fsp3) is 0.429. The standard InChI is InChI=1S/C14H20N4O/c1-9(13(19)18-14(2,3)4)17-11-5-6-12(16)10(7-11)8-15/h5-7,9,17H,16H2,1-4H3,(H,18,19). The van der Waals surface area contributed by atoms with E-state index in [1.54, 1.807) is 25.1 Å². The van der Waals surface area contributed by atoms with E-state index in [0.717, 1.165) is 0 Å². The number of anilines is 2. The summed E-state index contributed by atoms with van der Waals surface area (Å²) in [6.07, 6.45) is 0. The van der Waals surface area contributed by atoms with E-state index in [1.165, 1.54) is 0 Å². The van der Waals surface area contributed by atoms with E-state index >= 15 is 0 Å². The Morgan fingerprint density at radius 1 is 1.42 bits per heavy atom. The van der Waals surface area contributed by atoms with Crippen LogP contribution in [0.2, 0.25) is 0 Å². The number of nitrogen functional groups attached to an aromatic ring is 1. The molecular formula is C14H20N4O. The topological polar surface area (TPSA) is 90.9 Å². The number of carbonyl (C=O) groups is 1. The molecule has 0 aliphatic rings. The summed E-state index contributed by atoms with van der Waals surface area (Å²) in [4.78, 5) is 11.9. The van der Waals surface area contributed by atoms with E-state index in [-0.39, 0.29) is 11.4 Å². The van der Waals surface area contributed by atoms with Crippen LogP contribution >= 0.6 is 0 Å². The van der Waals surface area contributed by atoms with Crippen LogP contribution in [-0.2, 0) is 4.79 Å². The molecule has 4 N–H and O–H groups in total. The lowest BCUT2D eigenvalue weighted by Gasteiger charge is -2.24. The lowest BCUT2D eigenvalue weighted by atomic mass is 10.1. The van der Waals surface area contributed by atoms with Crippen molar-refractivity contribution in [1.82, 2.24) is 5.32 Å². The molecule has 0 bridgehead atoms. The molecule has 0 radical (unpaired) electrons. The zero-order chi connectivity index (χ0) is 14.6. The van der Waals surface area contributed by atoms with Crippen LogP contribution in [0.4, 0.5) is 11.4 Å². The highest BCUT2D eigenvalue weighted by Crippen LogP contribution is 2.17. The number of nitrogens with zero attached hydrogens (tertiary/aromatic N) is 1. The van der Waals surface area contributed by atoms with E-state index in [1.807, 2.05) is 26.8 Å². The van der Waals surface area contributed by atoms with Gasteiger partial charge < -0.3 is 16.4 Å². The molecule has 1 amide bonds. The van der Waals surface area contributed by atoms with Crippen LogP contribution in [0.25, 0.3) is 0 Å². The van der Waals surface area contributed by atoms with E-state index in [9.17, 15) is 4.79 Å². The van der Waals surface area contributed by atoms with E-state index < -0.39 is 6.04 Å². The predicted octanol–water partition coefficient (Wildman–Crippen LogP) is 1.86. The van der Waals surface area contributed by atoms with Crippen molar-refractivity contribution in [2.45, 2.75) is 39.3 Å². The Labute approximate surface area is 113 Å². The highest BCUT2D eigenvalue weighted by molar-refractivity contribution is 5.85. The number of hydrogen-bond acceptors (Lipinski definition) is 4. The molecule has 0 aliphatic carbocycles. The third-order valence-electron chi connectivity index (χ3n) is 2.45. The third kappa shape index (κ3) is 4.51. The maximum Gasteiger partial charge on any atom is 0.242 e. The second kappa shape index (κ2) is 5.61. The third-order valence-corrected chi connectivity index (χ3v) is 2.45. The Hall–Kier alpha value is -2.22. The molecule has 1 aromatic rings. The van der Waals surface area contributed by atoms with Crippen molar-refractivity contribution < 1.29 is 4.79 Å². The molecule has 5 heteroatoms. The Morgan fingerprint density at radius 3 is 2.58 bits per heavy atom. The fourth-order valence-electron chi connectivity index (χ4n) is 1.54. The molecule has 0 saturated heterocycles. The van der Waals surface area contributed by atoms with E-state index in [2.05, 4.69) is 10.6 Å². The number of nitrogens with one attached hydrogen (secondary N) is 2. The summed E-state index contributed by atoms with van der Waals surface area (Å²) in [5, 5.41) is 14.8. The highest BCUT2D eigenvalue weighted by atomic mass is 16.2. The van der Waals surface area contributed by atoms with Gasteiger partial charge in [0.15, 0.2) is 0 Å². The van der Waals surface area contributed by atoms with Gasteiger partial charge in [0.05, 0.1) is 5.56 Å². The molecule has 0 saturated carbocycles. The van der Waals surface area contributed by atoms with Gasteiger partial charge in [-0.1, -0.05) is 0 Å². The van der Waals surface area contributed by atoms with Gasteiger partial charge in [-0.3, -0.25) is 4.79 Å². The Morgan fingerprint density at radius 2 is 2.05 bits per heavy atom. The molecule has 5 nitrogen and oxygen atoms in total. The molecule has 0 aliphatic heterocycles. The quantitative estimate of drug-likeness (QED) is 0.723. The molecule has 0 fully saturated rings. The van der Waals surface area contributed by atoms with Crippen molar-refractivity contribution in [3.63, 3.8) is 0 Å². The molecule has 1 atom stereocenters. The summed E-state index contributed by atoms with van der Waals surface area (Å²) in [6.45, 7) is 7.54. The second-order valence-electron chi connectivity index (χ2n) is 5.52. The minimum absolute atomic E-state index is 0.0946. The number of nitriles is 1. The van der Waals surface area contributed by atoms with Gasteiger partial charge in [0, 0.05) is 16.9 Å². The van der Waals surface area contributed by atoms with Crippen LogP contribution in [0.15, 0.2) is 18.2 Å². The minimum Gasteiger partial charge on any atom is -0.398 e. The number of hydrogen-bond donors (Lipinski definition) is 3. The number of carbonyl (C=O) groups excluding carboxylic acids is 1. The zero-order valence-electron chi connectivity index (χ0n) is 11.7. The van der Waals surface area contributed by atoms with Crippen LogP contribution in [0.3, 0.4) is 0 Å². The van der Waals surface area contributed by atoms with Crippen molar-refractivity contribution in [1.29, 1.82) is 5.26 Å². The smallest absolute Gasteiger partial charge is 0.242 e. The highest BCUT2D eigenvalue weighted by Gasteiger charge is 2.19. The maximum atomic E-state index is 11.9. The van der Waals surface area contributed by atoms with Gasteiger partial charge in [0.1, 0.15) is 12.1 Å². The van der Waals surface area contributed by atoms with Crippen LogP contribution in [0, 0.1) is 11.3 Å². The first kappa shape index (κ1) is 14.8. The fourth-order valence-corrected chi connectivity index (χ4v) is 1.54. The normalized spacial score (nSPS) is 12.4. The van der Waals surface area contributed by atoms with Gasteiger partial charge in [-0.25, -0.2) is 0 Å². The first-order valence-corrected chi connectivity index (χ1v) is 6.11. The van der Waals surface area contributed by atoms with Gasteiger partial charge in [-0.05, 0) is 45.9 Å². The van der Waals surface area contributed by atoms with Gasteiger partial charge in [-0.2, -0.15) is 5.26 Å². The summed E-state index contributed by atoms with van der Waals surface area (Å²) in [7, 11) is 0. The Bertz CT molecular complexity index is 511. The largest absolute Gasteiger partial charge is 0.398 e. The summed E-state index contributed by atoms with van der Waals surface area (Å²) in [6, 6.07) is 6.65. The van der Waals surface area contributed by atoms with Crippen molar-refractivity contribution in [3.05, 3.63) is 23.8 Å². The van der Waals surface area contributed by atoms with Crippen LogP contribution in [0.1, 0.15) is 33.3 Å². The molecular weight excluding hydrogens is 240 g/mol. The number of benzene rings is 1. The molecule has 19 heavy (non-hydrogen) atoms. The van der Waals surface area contributed by atoms with Crippen molar-refractivity contribution in [3.8, 4) is 6.07 Å². The molecule has 0 spiro atoms. The van der Waals surface area contributed by atoms with Gasteiger partial charge in [0.25, 0.3) is 0 Å². The zero-order valence-corrected chi connectivity index (χ0v) is 11.7. The first-order chi connectivity index (χ1) is 8.73. The minimum atomic E-state index is -0.394. The van der Waals surface area contributed by atoms with E-state index in [4.69, 9.17) is 11.0 Å². The molecule has 0 aromatic heterocycles. The van der Waals surface area contributed by atoms with Gasteiger partial charge in [-0.15, -0.1) is 0 Å². The van der Waals surface area contributed by atoms with Crippen molar-refractivity contribution in [2.24, 2.45) is 0 Å². The molecule has 0 heterocycles. The Balaban J connectivity index is 2.75. The second-order valence-corrected chi connectivity index (χ2v) is 5.52. The maximum absolute atomic E-state index is 11.9. The van der Waals surface area contributed by atoms with Gasteiger partial charge in [0.2, 0.25) is 5.91 Å². The van der Waals surface area contributed by atoms with Crippen LogP contribution in [-0.4, -0.2) is 17.5 Å². The average Bonchev–Trinajstić information content (AvgIpc) is 2.29. The molecule has 1 aromatic carbocycles. The number of amides is 1. The predicted molar refractivity (Wildman–Crippen MR) is 76.5 cm³/mol. The average molecular weight is 260 g/mol. The van der Waals surface area contributed by atoms with E-state index in [0.29, 0.717) is 16.9 Å². The van der Waals surface area contributed by atoms with Crippen LogP contribution < -0.4 is 16.4 Å². The Kier molecular flexibility index (Phi) is 4.38. The molecule has 1 rings (SSSR count). The lowest BCUT2D eigenvalue weighted by molar-refractivity contribution is -0.122. The van der Waals surface area contributed by atoms with Crippen molar-refractivity contribution in [2.75, 3.05) is 11.1 Å². The summed E-state index contributed by atoms with van der Waals surface area (Å²) in [5.74, 6) is -0.0946. The number of nitrogens with two attached hydrogens (primary N) is 1. The molecule has 102 valence electrons. The first-order valence-electron chi connectivity index (χ1n) is 6.11. The number of rotatable bonds is 3. The summed E-state index contributed by atoms with van der Waals surface area (Å²) >= 11 is 0. The van der Waals surface area contributed by atoms with Crippen molar-refractivity contribution >= 4 is 17.3 Å². The SMILES string of the molecule is CC(Nc1ccc(N)c(C#N)c1)C(=O)NC(C)(C)C. The summed E-state index contributed by atoms with van der Waals surface area (Å²) < 4.78 is 0. The van der Waals surface area contributed by atoms with Crippen LogP contribution in [0.5, 0.6) is 0 Å².